The van der Waals surface area contributed by atoms with E-state index < -0.39 is 0 Å². The number of rotatable bonds is 9. The third kappa shape index (κ3) is 5.24. The van der Waals surface area contributed by atoms with E-state index in [2.05, 4.69) is 10.2 Å². The van der Waals surface area contributed by atoms with Crippen LogP contribution >= 0.6 is 0 Å². The molecule has 0 spiro atoms. The zero-order valence-electron chi connectivity index (χ0n) is 13.0. The zero-order valence-corrected chi connectivity index (χ0v) is 13.0. The lowest BCUT2D eigenvalue weighted by molar-refractivity contribution is 0.0956. The highest BCUT2D eigenvalue weighted by molar-refractivity contribution is 5.96. The number of benzene rings is 1. The van der Waals surface area contributed by atoms with Gasteiger partial charge in [0.25, 0.3) is 5.91 Å². The SMILES string of the molecule is CCNC(=O)c1ccc(N)c(N(CCOC)CCOC)c1. The maximum absolute atomic E-state index is 11.9. The summed E-state index contributed by atoms with van der Waals surface area (Å²) in [6.07, 6.45) is 0. The van der Waals surface area contributed by atoms with E-state index in [0.717, 1.165) is 5.69 Å². The number of carbonyl (C=O) groups excluding carboxylic acids is 1. The summed E-state index contributed by atoms with van der Waals surface area (Å²) in [6, 6.07) is 5.30. The second-order valence-corrected chi connectivity index (χ2v) is 4.61. The van der Waals surface area contributed by atoms with E-state index in [1.165, 1.54) is 0 Å². The van der Waals surface area contributed by atoms with Crippen molar-refractivity contribution < 1.29 is 14.3 Å². The van der Waals surface area contributed by atoms with Crippen molar-refractivity contribution in [2.75, 3.05) is 57.7 Å². The third-order valence-corrected chi connectivity index (χ3v) is 3.10. The minimum atomic E-state index is -0.0998. The van der Waals surface area contributed by atoms with Crippen molar-refractivity contribution in [3.05, 3.63) is 23.8 Å². The van der Waals surface area contributed by atoms with Gasteiger partial charge in [-0.25, -0.2) is 0 Å². The average molecular weight is 295 g/mol. The lowest BCUT2D eigenvalue weighted by Crippen LogP contribution is -2.31. The van der Waals surface area contributed by atoms with Gasteiger partial charge in [0.15, 0.2) is 0 Å². The summed E-state index contributed by atoms with van der Waals surface area (Å²) in [7, 11) is 3.31. The number of hydrogen-bond donors (Lipinski definition) is 2. The number of nitrogens with one attached hydrogen (secondary N) is 1. The number of nitrogen functional groups attached to an aromatic ring is 1. The number of ether oxygens (including phenoxy) is 2. The van der Waals surface area contributed by atoms with E-state index in [9.17, 15) is 4.79 Å². The molecule has 0 fully saturated rings. The Balaban J connectivity index is 2.98. The molecule has 3 N–H and O–H groups in total. The molecule has 0 aliphatic rings. The molecule has 0 unspecified atom stereocenters. The fourth-order valence-electron chi connectivity index (χ4n) is 1.98. The van der Waals surface area contributed by atoms with Gasteiger partial charge in [0.05, 0.1) is 24.6 Å². The van der Waals surface area contributed by atoms with Crippen molar-refractivity contribution in [2.24, 2.45) is 0 Å². The molecule has 118 valence electrons. The fraction of sp³-hybridized carbons (Fsp3) is 0.533. The number of methoxy groups -OCH3 is 2. The van der Waals surface area contributed by atoms with Crippen LogP contribution in [0.3, 0.4) is 0 Å². The van der Waals surface area contributed by atoms with Crippen LogP contribution in [0, 0.1) is 0 Å². The Morgan fingerprint density at radius 3 is 2.38 bits per heavy atom. The Hall–Kier alpha value is -1.79. The fourth-order valence-corrected chi connectivity index (χ4v) is 1.98. The summed E-state index contributed by atoms with van der Waals surface area (Å²) in [5.74, 6) is -0.0998. The minimum absolute atomic E-state index is 0.0998. The first-order chi connectivity index (χ1) is 10.1. The molecule has 21 heavy (non-hydrogen) atoms. The minimum Gasteiger partial charge on any atom is -0.397 e. The molecule has 0 aliphatic heterocycles. The summed E-state index contributed by atoms with van der Waals surface area (Å²) in [6.45, 7) is 5.00. The molecule has 0 bridgehead atoms. The second-order valence-electron chi connectivity index (χ2n) is 4.61. The molecule has 1 aromatic rings. The molecule has 0 saturated heterocycles. The van der Waals surface area contributed by atoms with Crippen molar-refractivity contribution in [1.82, 2.24) is 5.32 Å². The van der Waals surface area contributed by atoms with Crippen LogP contribution in [0.1, 0.15) is 17.3 Å². The van der Waals surface area contributed by atoms with Gasteiger partial charge in [-0.3, -0.25) is 4.79 Å². The van der Waals surface area contributed by atoms with Crippen molar-refractivity contribution in [1.29, 1.82) is 0 Å². The lowest BCUT2D eigenvalue weighted by atomic mass is 10.1. The van der Waals surface area contributed by atoms with Gasteiger partial charge in [-0.15, -0.1) is 0 Å². The summed E-state index contributed by atoms with van der Waals surface area (Å²) in [5.41, 5.74) is 8.11. The molecule has 1 rings (SSSR count). The van der Waals surface area contributed by atoms with Crippen LogP contribution in [0.4, 0.5) is 11.4 Å². The van der Waals surface area contributed by atoms with Gasteiger partial charge in [0.1, 0.15) is 0 Å². The number of carbonyl (C=O) groups is 1. The van der Waals surface area contributed by atoms with Crippen LogP contribution < -0.4 is 16.0 Å². The van der Waals surface area contributed by atoms with E-state index in [1.807, 2.05) is 13.0 Å². The molecule has 0 heterocycles. The van der Waals surface area contributed by atoms with Gasteiger partial charge >= 0.3 is 0 Å². The van der Waals surface area contributed by atoms with E-state index in [1.54, 1.807) is 26.4 Å². The van der Waals surface area contributed by atoms with E-state index in [0.29, 0.717) is 44.1 Å². The zero-order chi connectivity index (χ0) is 15.7. The van der Waals surface area contributed by atoms with Crippen LogP contribution in [0.2, 0.25) is 0 Å². The van der Waals surface area contributed by atoms with Crippen molar-refractivity contribution in [3.8, 4) is 0 Å². The number of hydrogen-bond acceptors (Lipinski definition) is 5. The Morgan fingerprint density at radius 1 is 1.24 bits per heavy atom. The number of anilines is 2. The van der Waals surface area contributed by atoms with Crippen molar-refractivity contribution in [2.45, 2.75) is 6.92 Å². The molecule has 6 nitrogen and oxygen atoms in total. The Labute approximate surface area is 126 Å². The highest BCUT2D eigenvalue weighted by Crippen LogP contribution is 2.24. The Bertz CT molecular complexity index is 444. The predicted molar refractivity (Wildman–Crippen MR) is 84.8 cm³/mol. The molecule has 1 amide bonds. The molecular formula is C15H25N3O3. The Morgan fingerprint density at radius 2 is 1.86 bits per heavy atom. The van der Waals surface area contributed by atoms with E-state index >= 15 is 0 Å². The molecule has 6 heteroatoms. The second kappa shape index (κ2) is 9.20. The molecule has 0 aliphatic carbocycles. The summed E-state index contributed by atoms with van der Waals surface area (Å²) in [4.78, 5) is 14.0. The van der Waals surface area contributed by atoms with Crippen LogP contribution in [0.15, 0.2) is 18.2 Å². The number of nitrogens with zero attached hydrogens (tertiary/aromatic N) is 1. The van der Waals surface area contributed by atoms with Crippen LogP contribution in [0.25, 0.3) is 0 Å². The molecule has 0 radical (unpaired) electrons. The molecular weight excluding hydrogens is 270 g/mol. The highest BCUT2D eigenvalue weighted by atomic mass is 16.5. The van der Waals surface area contributed by atoms with Crippen LogP contribution in [-0.4, -0.2) is 53.0 Å². The molecule has 0 aromatic heterocycles. The predicted octanol–water partition coefficient (Wildman–Crippen LogP) is 1.12. The standard InChI is InChI=1S/C15H25N3O3/c1-4-17-15(19)12-5-6-13(16)14(11-12)18(7-9-20-2)8-10-21-3/h5-6,11H,4,7-10,16H2,1-3H3,(H,17,19). The first-order valence-corrected chi connectivity index (χ1v) is 7.04. The van der Waals surface area contributed by atoms with Gasteiger partial charge in [-0.2, -0.15) is 0 Å². The number of amides is 1. The topological polar surface area (TPSA) is 76.8 Å². The van der Waals surface area contributed by atoms with Crippen LogP contribution in [-0.2, 0) is 9.47 Å². The van der Waals surface area contributed by atoms with Crippen molar-refractivity contribution >= 4 is 17.3 Å². The third-order valence-electron chi connectivity index (χ3n) is 3.10. The van der Waals surface area contributed by atoms with E-state index in [4.69, 9.17) is 15.2 Å². The molecule has 0 atom stereocenters. The van der Waals surface area contributed by atoms with Gasteiger partial charge in [0.2, 0.25) is 0 Å². The normalized spacial score (nSPS) is 10.4. The van der Waals surface area contributed by atoms with Gasteiger partial charge in [-0.05, 0) is 25.1 Å². The highest BCUT2D eigenvalue weighted by Gasteiger charge is 2.13. The number of nitrogens with two attached hydrogens (primary N) is 1. The molecule has 1 aromatic carbocycles. The van der Waals surface area contributed by atoms with E-state index in [-0.39, 0.29) is 5.91 Å². The maximum Gasteiger partial charge on any atom is 0.251 e. The monoisotopic (exact) mass is 295 g/mol. The largest absolute Gasteiger partial charge is 0.397 e. The van der Waals surface area contributed by atoms with Crippen LogP contribution in [0.5, 0.6) is 0 Å². The van der Waals surface area contributed by atoms with Crippen molar-refractivity contribution in [3.63, 3.8) is 0 Å². The first kappa shape index (κ1) is 17.3. The molecule has 0 saturated carbocycles. The average Bonchev–Trinajstić information content (AvgIpc) is 2.48. The lowest BCUT2D eigenvalue weighted by Gasteiger charge is -2.26. The Kier molecular flexibility index (Phi) is 7.56. The maximum atomic E-state index is 11.9. The first-order valence-electron chi connectivity index (χ1n) is 7.04. The smallest absolute Gasteiger partial charge is 0.251 e. The van der Waals surface area contributed by atoms with Gasteiger partial charge in [-0.1, -0.05) is 0 Å². The summed E-state index contributed by atoms with van der Waals surface area (Å²) >= 11 is 0. The van der Waals surface area contributed by atoms with Gasteiger partial charge < -0.3 is 25.4 Å². The summed E-state index contributed by atoms with van der Waals surface area (Å²) in [5, 5.41) is 2.79. The quantitative estimate of drug-likeness (QED) is 0.668. The summed E-state index contributed by atoms with van der Waals surface area (Å²) < 4.78 is 10.3. The van der Waals surface area contributed by atoms with Gasteiger partial charge in [0, 0.05) is 39.4 Å².